The maximum atomic E-state index is 5.71. The second-order valence-electron chi connectivity index (χ2n) is 29.7. The predicted octanol–water partition coefficient (Wildman–Crippen LogP) is 9.38. The third kappa shape index (κ3) is 36.6. The highest BCUT2D eigenvalue weighted by atomic mass is 32.1. The molecule has 0 saturated carbocycles. The molecule has 14 rings (SSSR count). The molecule has 0 spiro atoms. The van der Waals surface area contributed by atoms with Crippen molar-refractivity contribution in [1.29, 1.82) is 0 Å². The van der Waals surface area contributed by atoms with Crippen molar-refractivity contribution in [2.75, 3.05) is 250 Å². The summed E-state index contributed by atoms with van der Waals surface area (Å²) in [6.45, 7) is 19.5. The van der Waals surface area contributed by atoms with Crippen molar-refractivity contribution in [2.24, 2.45) is 0 Å². The lowest BCUT2D eigenvalue weighted by molar-refractivity contribution is 0.482. The average molecular weight is 1890 g/mol. The maximum absolute atomic E-state index is 5.71. The number of aromatic nitrogens is 21. The predicted molar refractivity (Wildman–Crippen MR) is 537 cm³/mol. The summed E-state index contributed by atoms with van der Waals surface area (Å²) in [6.07, 6.45) is 6.13. The van der Waals surface area contributed by atoms with Crippen molar-refractivity contribution in [2.45, 2.75) is 93.4 Å². The van der Waals surface area contributed by atoms with Crippen LogP contribution in [0.3, 0.4) is 0 Å². The van der Waals surface area contributed by atoms with E-state index >= 15 is 0 Å². The van der Waals surface area contributed by atoms with Gasteiger partial charge >= 0.3 is 0 Å². The summed E-state index contributed by atoms with van der Waals surface area (Å²) in [5.74, 6) is 14.3. The van der Waals surface area contributed by atoms with Crippen LogP contribution < -0.4 is 112 Å². The van der Waals surface area contributed by atoms with Crippen LogP contribution in [0, 0.1) is 48.5 Å². The molecule has 14 aromatic heterocycles. The summed E-state index contributed by atoms with van der Waals surface area (Å²) in [4.78, 5) is 108. The molecule has 14 heterocycles. The molecule has 0 aromatic carbocycles. The molecule has 0 aliphatic rings. The number of nitrogens with zero attached hydrogens (tertiary/aromatic N) is 27. The first-order valence-corrected chi connectivity index (χ1v) is 45.1. The first-order valence-electron chi connectivity index (χ1n) is 41.8. The smallest absolute Gasteiger partial charge is 0.231 e. The molecular weight excluding hydrogens is 1760 g/mol. The van der Waals surface area contributed by atoms with Crippen LogP contribution in [0.2, 0.25) is 0 Å². The van der Waals surface area contributed by atoms with Gasteiger partial charge in [0.15, 0.2) is 0 Å². The average Bonchev–Trinajstić information content (AvgIpc) is 1.33. The number of nitrogens with two attached hydrogens (primary N) is 7. The molecule has 14 aromatic rings. The Balaban J connectivity index is 0.000000190. The van der Waals surface area contributed by atoms with Crippen LogP contribution in [0.1, 0.15) is 73.6 Å². The molecule has 0 saturated heterocycles. The summed E-state index contributed by atoms with van der Waals surface area (Å²) in [7, 11) is 24.2. The monoisotopic (exact) mass is 1880 g/mol. The van der Waals surface area contributed by atoms with Gasteiger partial charge in [-0.15, -0.1) is 45.3 Å². The van der Waals surface area contributed by atoms with Gasteiger partial charge in [0.1, 0.15) is 34.6 Å². The second-order valence-corrected chi connectivity index (χ2v) is 35.2. The molecule has 45 nitrogen and oxygen atoms in total. The number of aryl methyl sites for hydroxylation is 7. The van der Waals surface area contributed by atoms with E-state index < -0.39 is 0 Å². The van der Waals surface area contributed by atoms with Crippen LogP contribution in [0.5, 0.6) is 0 Å². The fourth-order valence-electron chi connectivity index (χ4n) is 11.2. The summed E-state index contributed by atoms with van der Waals surface area (Å²) in [5, 5.41) is 24.1. The first-order chi connectivity index (χ1) is 63.0. The molecule has 0 atom stereocenters. The summed E-state index contributed by atoms with van der Waals surface area (Å²) < 4.78 is 16.6. The molecule has 49 heteroatoms. The van der Waals surface area contributed by atoms with E-state index in [2.05, 4.69) is 223 Å². The van der Waals surface area contributed by atoms with E-state index in [0.29, 0.717) is 96.4 Å². The van der Waals surface area contributed by atoms with Crippen molar-refractivity contribution in [3.63, 3.8) is 0 Å². The molecule has 0 unspecified atom stereocenters. The van der Waals surface area contributed by atoms with Crippen molar-refractivity contribution < 1.29 is 13.3 Å². The number of furan rings is 3. The van der Waals surface area contributed by atoms with Gasteiger partial charge in [0.2, 0.25) is 125 Å². The molecule has 22 N–H and O–H groups in total. The zero-order valence-electron chi connectivity index (χ0n) is 78.5. The molecule has 0 fully saturated rings. The molecule has 0 aliphatic heterocycles. The van der Waals surface area contributed by atoms with E-state index in [9.17, 15) is 0 Å². The Morgan fingerprint density at radius 3 is 0.826 bits per heavy atom. The van der Waals surface area contributed by atoms with Gasteiger partial charge in [-0.2, -0.15) is 105 Å². The van der Waals surface area contributed by atoms with Gasteiger partial charge in [-0.05, 0) is 159 Å². The largest absolute Gasteiger partial charge is 0.466 e. The minimum absolute atomic E-state index is 0.131. The Bertz CT molecular complexity index is 5700. The van der Waals surface area contributed by atoms with Crippen molar-refractivity contribution >= 4 is 170 Å². The normalized spacial score (nSPS) is 10.5. The number of nitrogens with one attached hydrogen (secondary N) is 8. The van der Waals surface area contributed by atoms with E-state index in [4.69, 9.17) is 53.4 Å². The molecule has 132 heavy (non-hydrogen) atoms. The topological polar surface area (TPSA) is 608 Å². The summed E-state index contributed by atoms with van der Waals surface area (Å²) >= 11 is 7.21. The highest BCUT2D eigenvalue weighted by molar-refractivity contribution is 7.12. The SMILES string of the molecule is CNc1nc(N)nc(N(C)CCc2ccc(C)s2)n1.CNc1nc(N)nc(NCCc2ccc(C)s2)n1.CNc1nc(NC)nc(NCCc2ccc(C)o2)n1.Cc1ccc(CCN(C)c2nc(N)nc(N(C)C)n2)o1.Cc1ccc(CCN(C)c2nc(N)nc(N)n2)s1.Cc1ccc(CCNc2nc(N(C)C)nc(N(C)C)n2)o1.Cc1ccc(CCNc2nc(N)nc(N)n2)s1. The Morgan fingerprint density at radius 1 is 0.242 bits per heavy atom. The van der Waals surface area contributed by atoms with Crippen molar-refractivity contribution in [3.8, 4) is 0 Å². The number of hydrogen-bond acceptors (Lipinski definition) is 49. The lowest BCUT2D eigenvalue weighted by Crippen LogP contribution is -2.25. The lowest BCUT2D eigenvalue weighted by atomic mass is 10.3. The maximum Gasteiger partial charge on any atom is 0.231 e. The van der Waals surface area contributed by atoms with E-state index in [-0.39, 0.29) is 41.6 Å². The highest BCUT2D eigenvalue weighted by Crippen LogP contribution is 2.24. The van der Waals surface area contributed by atoms with Gasteiger partial charge in [-0.3, -0.25) is 0 Å². The third-order valence-corrected chi connectivity index (χ3v) is 22.1. The number of rotatable bonds is 35. The van der Waals surface area contributed by atoms with Gasteiger partial charge in [0.05, 0.1) is 0 Å². The first kappa shape index (κ1) is 103. The summed E-state index contributed by atoms with van der Waals surface area (Å²) in [6, 6.07) is 28.9. The van der Waals surface area contributed by atoms with Gasteiger partial charge < -0.3 is 125 Å². The Labute approximate surface area is 785 Å². The summed E-state index contributed by atoms with van der Waals surface area (Å²) in [5.41, 5.74) is 39.0. The third-order valence-electron chi connectivity index (χ3n) is 17.9. The lowest BCUT2D eigenvalue weighted by Gasteiger charge is -2.18. The zero-order valence-corrected chi connectivity index (χ0v) is 81.7. The minimum Gasteiger partial charge on any atom is -0.466 e. The second kappa shape index (κ2) is 52.2. The molecule has 0 bridgehead atoms. The fraction of sp³-hybridized carbons (Fsp3) is 0.410. The quantitative estimate of drug-likeness (QED) is 0.0176. The van der Waals surface area contributed by atoms with Crippen molar-refractivity contribution in [3.05, 3.63) is 159 Å². The number of anilines is 21. The minimum atomic E-state index is 0.131. The Hall–Kier alpha value is -14.5. The van der Waals surface area contributed by atoms with Gasteiger partial charge in [0, 0.05) is 196 Å². The fourth-order valence-corrected chi connectivity index (χ4v) is 14.8. The highest BCUT2D eigenvalue weighted by Gasteiger charge is 2.17. The Morgan fingerprint density at radius 2 is 0.477 bits per heavy atom. The molecule has 0 aliphatic carbocycles. The van der Waals surface area contributed by atoms with Gasteiger partial charge in [0.25, 0.3) is 0 Å². The van der Waals surface area contributed by atoms with E-state index in [1.165, 1.54) is 39.0 Å². The van der Waals surface area contributed by atoms with Crippen LogP contribution in [-0.4, -0.2) is 242 Å². The number of nitrogen functional groups attached to an aromatic ring is 7. The van der Waals surface area contributed by atoms with Crippen LogP contribution in [0.4, 0.5) is 125 Å². The molecular formula is C83H124N42O3S4. The molecule has 0 radical (unpaired) electrons. The van der Waals surface area contributed by atoms with Gasteiger partial charge in [-0.1, -0.05) is 0 Å². The van der Waals surface area contributed by atoms with E-state index in [1.807, 2.05) is 156 Å². The van der Waals surface area contributed by atoms with Crippen LogP contribution in [-0.2, 0) is 44.9 Å². The van der Waals surface area contributed by atoms with E-state index in [0.717, 1.165) is 112 Å². The van der Waals surface area contributed by atoms with Gasteiger partial charge in [-0.25, -0.2) is 0 Å². The Kier molecular flexibility index (Phi) is 40.7. The molecule has 708 valence electrons. The zero-order chi connectivity index (χ0) is 95.9. The number of thiophene rings is 4. The standard InChI is InChI=1S/C14H22N6O.C13H20N6O.C12H18N6O.C12H18N6S.2C11H16N6S.C10H14N6S/c1-10-6-7-11(21-10)8-9-15-12-16-13(19(2)3)18-14(17-12)20(4)5;1-9-5-6-10(20-9)7-8-19(4)13-16-11(14)15-12(17-13)18(2)3;1-8-4-5-9(19-8)6-7-15-12-17-10(13-2)16-11(14-3)18-12;1-8-4-5-9(19-8)6-7-18(3)12-16-10(13)15-11(14-2)17-12;1-7-3-4-8(18-7)5-6-17(2)11-15-9(12)14-10(13)16-11;1-7-3-4-8(18-7)5-6-14-11-16-9(12)15-10(13-2)17-11;1-6-2-3-7(17-6)4-5-13-10-15-8(11)14-9(12)16-10/h6-7H,8-9H2,1-5H3,(H,15,16,17,18);5-6H,7-8H2,1-4H3,(H2,14,15,16,17);4-5H,6-7H2,1-3H3,(H3,13,14,15,16,17,18);4-5H,6-7H2,1-3H3,(H3,13,14,15,16,17);3-4H,5-6H2,1-2H3,(H4,12,13,14,15,16);3-4H,5-6H2,1-2H3,(H4,12,13,14,15,16,17);2-3H,4-5H2,1H3,(H5,11,12,13,14,15,16). The number of hydrogen-bond donors (Lipinski definition) is 15. The van der Waals surface area contributed by atoms with Crippen molar-refractivity contribution in [1.82, 2.24) is 105 Å². The van der Waals surface area contributed by atoms with Crippen LogP contribution in [0.25, 0.3) is 0 Å². The van der Waals surface area contributed by atoms with Crippen LogP contribution in [0.15, 0.2) is 98.2 Å². The molecule has 0 amide bonds. The van der Waals surface area contributed by atoms with E-state index in [1.54, 1.807) is 67.1 Å². The number of likely N-dealkylation sites (N-methyl/N-ethyl adjacent to an activating group) is 3. The van der Waals surface area contributed by atoms with Crippen LogP contribution >= 0.6 is 45.3 Å².